The van der Waals surface area contributed by atoms with Crippen LogP contribution in [-0.4, -0.2) is 68.8 Å². The van der Waals surface area contributed by atoms with Crippen LogP contribution in [0.3, 0.4) is 0 Å². The lowest BCUT2D eigenvalue weighted by atomic mass is 10.0. The van der Waals surface area contributed by atoms with Crippen molar-refractivity contribution in [1.29, 1.82) is 0 Å². The number of β-lactam (4-membered cyclic amide) rings is 1. The maximum atomic E-state index is 12.6. The predicted molar refractivity (Wildman–Crippen MR) is 98.8 cm³/mol. The van der Waals surface area contributed by atoms with Gasteiger partial charge in [0.05, 0.1) is 0 Å². The van der Waals surface area contributed by atoms with E-state index < -0.39 is 29.2 Å². The van der Waals surface area contributed by atoms with E-state index >= 15 is 0 Å². The van der Waals surface area contributed by atoms with E-state index in [4.69, 9.17) is 16.3 Å². The van der Waals surface area contributed by atoms with E-state index in [1.54, 1.807) is 0 Å². The Bertz CT molecular complexity index is 838. The summed E-state index contributed by atoms with van der Waals surface area (Å²) in [6.07, 6.45) is 1.46. The fourth-order valence-corrected chi connectivity index (χ4v) is 4.25. The molecule has 6 N–H and O–H groups in total. The number of carboxylic acids is 1. The molecule has 3 rings (SSSR count). The van der Waals surface area contributed by atoms with Crippen molar-refractivity contribution >= 4 is 51.7 Å². The Kier molecular flexibility index (Phi) is 5.62. The van der Waals surface area contributed by atoms with Crippen LogP contribution in [0.5, 0.6) is 0 Å². The number of anilines is 1. The van der Waals surface area contributed by atoms with Crippen LogP contribution in [0.2, 0.25) is 0 Å². The van der Waals surface area contributed by atoms with Gasteiger partial charge in [0, 0.05) is 17.7 Å². The van der Waals surface area contributed by atoms with Crippen LogP contribution in [0.1, 0.15) is 5.69 Å². The molecule has 0 aromatic carbocycles. The fraction of sp³-hybridized carbons (Fsp3) is 0.357. The van der Waals surface area contributed by atoms with Gasteiger partial charge in [0.1, 0.15) is 29.4 Å². The number of carbonyl (C=O) groups is 3. The normalized spacial score (nSPS) is 21.8. The van der Waals surface area contributed by atoms with Crippen molar-refractivity contribution in [2.24, 2.45) is 10.9 Å². The van der Waals surface area contributed by atoms with Gasteiger partial charge in [-0.25, -0.2) is 9.78 Å². The Morgan fingerprint density at radius 2 is 2.30 bits per heavy atom. The molecule has 0 saturated carbocycles. The second-order valence-electron chi connectivity index (χ2n) is 5.41. The van der Waals surface area contributed by atoms with Crippen LogP contribution in [0.15, 0.2) is 22.3 Å². The number of amides is 2. The summed E-state index contributed by atoms with van der Waals surface area (Å²) < 4.78 is 0. The number of thiazole rings is 1. The summed E-state index contributed by atoms with van der Waals surface area (Å²) in [6, 6.07) is -0.874. The first-order valence-electron chi connectivity index (χ1n) is 7.74. The van der Waals surface area contributed by atoms with Crippen LogP contribution in [0.25, 0.3) is 0 Å². The Labute approximate surface area is 161 Å². The number of nitrogen functional groups attached to an aromatic ring is 1. The van der Waals surface area contributed by atoms with E-state index in [2.05, 4.69) is 15.5 Å². The molecular formula is C14H16N6O5S2. The maximum Gasteiger partial charge on any atom is 0.352 e. The summed E-state index contributed by atoms with van der Waals surface area (Å²) in [5.74, 6) is -1.95. The summed E-state index contributed by atoms with van der Waals surface area (Å²) in [5.41, 5.74) is 10.9. The lowest BCUT2D eigenvalue weighted by molar-refractivity contribution is -0.150. The van der Waals surface area contributed by atoms with E-state index in [0.717, 1.165) is 16.2 Å². The Balaban J connectivity index is 1.75. The maximum absolute atomic E-state index is 12.6. The largest absolute Gasteiger partial charge is 0.477 e. The van der Waals surface area contributed by atoms with Gasteiger partial charge >= 0.3 is 5.97 Å². The number of thioether (sulfide) groups is 1. The monoisotopic (exact) mass is 412 g/mol. The van der Waals surface area contributed by atoms with E-state index in [0.29, 0.717) is 5.75 Å². The van der Waals surface area contributed by atoms with Gasteiger partial charge in [-0.3, -0.25) is 14.5 Å². The second-order valence-corrected chi connectivity index (χ2v) is 7.45. The zero-order valence-electron chi connectivity index (χ0n) is 13.8. The van der Waals surface area contributed by atoms with Gasteiger partial charge in [-0.05, 0) is 6.08 Å². The smallest absolute Gasteiger partial charge is 0.352 e. The van der Waals surface area contributed by atoms with Crippen molar-refractivity contribution in [3.63, 3.8) is 0 Å². The summed E-state index contributed by atoms with van der Waals surface area (Å²) >= 11 is 2.47. The number of aliphatic carboxylic acids is 1. The molecule has 1 fully saturated rings. The third kappa shape index (κ3) is 3.74. The van der Waals surface area contributed by atoms with Crippen molar-refractivity contribution in [3.05, 3.63) is 22.8 Å². The van der Waals surface area contributed by atoms with Crippen molar-refractivity contribution in [3.8, 4) is 0 Å². The zero-order chi connectivity index (χ0) is 19.6. The molecule has 1 aromatic rings. The molecule has 1 aromatic heterocycles. The highest BCUT2D eigenvalue weighted by Crippen LogP contribution is 2.37. The zero-order valence-corrected chi connectivity index (χ0v) is 15.5. The highest BCUT2D eigenvalue weighted by Gasteiger charge is 2.53. The molecule has 0 radical (unpaired) electrons. The number of carboxylic acid groups (broad SMARTS) is 1. The molecule has 2 amide bonds. The van der Waals surface area contributed by atoms with Gasteiger partial charge < -0.3 is 26.7 Å². The minimum atomic E-state index is -1.19. The second kappa shape index (κ2) is 7.94. The van der Waals surface area contributed by atoms with E-state index in [9.17, 15) is 19.5 Å². The number of nitrogens with one attached hydrogen (secondary N) is 1. The molecule has 0 bridgehead atoms. The molecule has 1 unspecified atom stereocenters. The average molecular weight is 412 g/mol. The molecule has 3 heterocycles. The van der Waals surface area contributed by atoms with Crippen molar-refractivity contribution in [1.82, 2.24) is 15.2 Å². The summed E-state index contributed by atoms with van der Waals surface area (Å²) in [6.45, 7) is 0.300. The molecule has 2 aliphatic rings. The number of nitrogens with two attached hydrogens (primary N) is 2. The Morgan fingerprint density at radius 3 is 2.93 bits per heavy atom. The molecule has 0 spiro atoms. The van der Waals surface area contributed by atoms with Gasteiger partial charge in [0.2, 0.25) is 0 Å². The number of carbonyl (C=O) groups excluding carboxylic acids is 2. The van der Waals surface area contributed by atoms with Crippen LogP contribution in [0.4, 0.5) is 5.13 Å². The average Bonchev–Trinajstić information content (AvgIpc) is 3.08. The van der Waals surface area contributed by atoms with Gasteiger partial charge in [-0.1, -0.05) is 5.16 Å². The van der Waals surface area contributed by atoms with Gasteiger partial charge in [-0.15, -0.1) is 23.1 Å². The fourth-order valence-electron chi connectivity index (χ4n) is 2.51. The first-order valence-corrected chi connectivity index (χ1v) is 9.67. The number of hydrogen-bond donors (Lipinski definition) is 4. The molecule has 13 heteroatoms. The van der Waals surface area contributed by atoms with Crippen LogP contribution < -0.4 is 16.8 Å². The molecular weight excluding hydrogens is 396 g/mol. The number of rotatable bonds is 7. The highest BCUT2D eigenvalue weighted by molar-refractivity contribution is 8.00. The van der Waals surface area contributed by atoms with Crippen LogP contribution in [0, 0.1) is 0 Å². The number of hydrogen-bond acceptors (Lipinski definition) is 10. The molecule has 11 nitrogen and oxygen atoms in total. The van der Waals surface area contributed by atoms with E-state index in [-0.39, 0.29) is 35.4 Å². The lowest BCUT2D eigenvalue weighted by Gasteiger charge is -2.48. The summed E-state index contributed by atoms with van der Waals surface area (Å²) in [5, 5.41) is 16.8. The SMILES string of the molecule is NCCO/N=C(\C(=O)NC1C(=O)N2C(C(=O)O)=CCS[C@H]12)c1csc(N)n1. The third-order valence-corrected chi connectivity index (χ3v) is 5.55. The Hall–Kier alpha value is -2.64. The number of oxime groups is 1. The predicted octanol–water partition coefficient (Wildman–Crippen LogP) is -1.23. The first-order chi connectivity index (χ1) is 12.9. The first kappa shape index (κ1) is 19.1. The number of fused-ring (bicyclic) bond motifs is 1. The standard InChI is InChI=1S/C14H16N6O5S2/c15-2-3-25-19-8(6-5-27-14(16)17-6)10(21)18-9-11(22)20-7(13(23)24)1-4-26-12(9)20/h1,5,9,12H,2-4,15H2,(H2,16,17)(H,18,21)(H,23,24)/b19-8-/t9?,12-/m1/s1. The topological polar surface area (TPSA) is 173 Å². The van der Waals surface area contributed by atoms with Crippen LogP contribution >= 0.6 is 23.1 Å². The van der Waals surface area contributed by atoms with Crippen molar-refractivity contribution in [2.75, 3.05) is 24.6 Å². The third-order valence-electron chi connectivity index (χ3n) is 3.70. The van der Waals surface area contributed by atoms with Crippen molar-refractivity contribution < 1.29 is 24.3 Å². The molecule has 27 heavy (non-hydrogen) atoms. The van der Waals surface area contributed by atoms with E-state index in [1.807, 2.05) is 0 Å². The minimum absolute atomic E-state index is 0.0818. The quantitative estimate of drug-likeness (QED) is 0.185. The molecule has 144 valence electrons. The van der Waals surface area contributed by atoms with Gasteiger partial charge in [0.15, 0.2) is 10.8 Å². The molecule has 1 saturated heterocycles. The molecule has 2 aliphatic heterocycles. The summed E-state index contributed by atoms with van der Waals surface area (Å²) in [4.78, 5) is 46.4. The highest BCUT2D eigenvalue weighted by atomic mass is 32.2. The lowest BCUT2D eigenvalue weighted by Crippen LogP contribution is -2.70. The Morgan fingerprint density at radius 1 is 1.52 bits per heavy atom. The molecule has 0 aliphatic carbocycles. The number of nitrogens with zero attached hydrogens (tertiary/aromatic N) is 3. The number of aromatic nitrogens is 1. The molecule has 2 atom stereocenters. The van der Waals surface area contributed by atoms with Gasteiger partial charge in [-0.2, -0.15) is 0 Å². The minimum Gasteiger partial charge on any atom is -0.477 e. The van der Waals surface area contributed by atoms with Gasteiger partial charge in [0.25, 0.3) is 11.8 Å². The summed E-state index contributed by atoms with van der Waals surface area (Å²) in [7, 11) is 0. The van der Waals surface area contributed by atoms with E-state index in [1.165, 1.54) is 23.2 Å². The van der Waals surface area contributed by atoms with Crippen LogP contribution in [-0.2, 0) is 19.2 Å². The van der Waals surface area contributed by atoms with Crippen molar-refractivity contribution in [2.45, 2.75) is 11.4 Å².